The molecule has 1 rings (SSSR count). The molecule has 0 aliphatic rings. The molecule has 1 aromatic carbocycles. The van der Waals surface area contributed by atoms with Crippen LogP contribution >= 0.6 is 0 Å². The van der Waals surface area contributed by atoms with Crippen LogP contribution in [0.3, 0.4) is 0 Å². The van der Waals surface area contributed by atoms with Crippen LogP contribution in [0.1, 0.15) is 12.5 Å². The maximum atomic E-state index is 11.5. The Labute approximate surface area is 141 Å². The number of benzene rings is 1. The van der Waals surface area contributed by atoms with E-state index in [-0.39, 0.29) is 11.5 Å². The molecule has 0 aliphatic carbocycles. The van der Waals surface area contributed by atoms with Gasteiger partial charge in [-0.2, -0.15) is 0 Å². The molecule has 130 valence electrons. The predicted octanol–water partition coefficient (Wildman–Crippen LogP) is 0.668. The van der Waals surface area contributed by atoms with E-state index in [4.69, 9.17) is 9.88 Å². The lowest BCUT2D eigenvalue weighted by Crippen LogP contribution is -2.30. The number of nitrogens with one attached hydrogen (secondary N) is 1. The first-order valence-corrected chi connectivity index (χ1v) is 8.72. The molecule has 0 saturated carbocycles. The number of esters is 1. The van der Waals surface area contributed by atoms with Crippen LogP contribution in [-0.4, -0.2) is 33.4 Å². The van der Waals surface area contributed by atoms with Gasteiger partial charge in [0.15, 0.2) is 6.61 Å². The third kappa shape index (κ3) is 7.70. The fourth-order valence-corrected chi connectivity index (χ4v) is 2.19. The van der Waals surface area contributed by atoms with Crippen molar-refractivity contribution in [2.24, 2.45) is 5.14 Å². The Morgan fingerprint density at radius 1 is 1.21 bits per heavy atom. The smallest absolute Gasteiger partial charge is 0.331 e. The first kappa shape index (κ1) is 19.6. The quantitative estimate of drug-likeness (QED) is 0.405. The zero-order valence-electron chi connectivity index (χ0n) is 13.3. The Hall–Kier alpha value is -2.45. The molecule has 0 bridgehead atoms. The number of carbonyl (C=O) groups is 2. The number of rotatable bonds is 8. The lowest BCUT2D eigenvalue weighted by Gasteiger charge is -2.06. The summed E-state index contributed by atoms with van der Waals surface area (Å²) in [4.78, 5) is 22.8. The molecule has 3 N–H and O–H groups in total. The van der Waals surface area contributed by atoms with Crippen LogP contribution in [0.5, 0.6) is 0 Å². The average molecular weight is 352 g/mol. The van der Waals surface area contributed by atoms with Crippen LogP contribution in [0, 0.1) is 0 Å². The third-order valence-corrected chi connectivity index (χ3v) is 3.80. The molecule has 0 heterocycles. The van der Waals surface area contributed by atoms with Gasteiger partial charge in [-0.15, -0.1) is 0 Å². The van der Waals surface area contributed by atoms with Gasteiger partial charge in [0.2, 0.25) is 10.0 Å². The fraction of sp³-hybridized carbons (Fsp3) is 0.250. The summed E-state index contributed by atoms with van der Waals surface area (Å²) in [5.41, 5.74) is 0.842. The van der Waals surface area contributed by atoms with Gasteiger partial charge >= 0.3 is 5.97 Å². The Kier molecular flexibility index (Phi) is 7.87. The van der Waals surface area contributed by atoms with Crippen molar-refractivity contribution in [3.05, 3.63) is 54.1 Å². The van der Waals surface area contributed by atoms with E-state index in [2.05, 4.69) is 5.32 Å². The van der Waals surface area contributed by atoms with Crippen molar-refractivity contribution >= 4 is 21.9 Å². The minimum Gasteiger partial charge on any atom is -0.452 e. The number of ether oxygens (including phenoxy) is 1. The molecule has 24 heavy (non-hydrogen) atoms. The Bertz CT molecular complexity index is 721. The number of primary sulfonamides is 1. The fourth-order valence-electron chi connectivity index (χ4n) is 1.67. The van der Waals surface area contributed by atoms with Gasteiger partial charge < -0.3 is 10.1 Å². The standard InChI is InChI=1S/C16H20N2O5S/c1-2-3-4-5-16(20)23-12-15(19)18-11-10-13-6-8-14(9-7-13)24(17,21)22/h2-9H,10-12H2,1H3,(H,18,19)(H2,17,21,22)/b3-2+,5-4+. The summed E-state index contributed by atoms with van der Waals surface area (Å²) < 4.78 is 27.0. The van der Waals surface area contributed by atoms with Crippen molar-refractivity contribution in [1.82, 2.24) is 5.32 Å². The van der Waals surface area contributed by atoms with E-state index in [1.54, 1.807) is 24.3 Å². The highest BCUT2D eigenvalue weighted by Crippen LogP contribution is 2.08. The Morgan fingerprint density at radius 2 is 1.88 bits per heavy atom. The summed E-state index contributed by atoms with van der Waals surface area (Å²) in [6.45, 7) is 1.79. The maximum Gasteiger partial charge on any atom is 0.331 e. The number of amides is 1. The molecule has 7 nitrogen and oxygen atoms in total. The van der Waals surface area contributed by atoms with Crippen LogP contribution in [0.25, 0.3) is 0 Å². The van der Waals surface area contributed by atoms with E-state index in [1.807, 2.05) is 6.92 Å². The van der Waals surface area contributed by atoms with Gasteiger partial charge in [-0.05, 0) is 31.0 Å². The molecule has 0 spiro atoms. The second-order valence-corrected chi connectivity index (χ2v) is 6.34. The summed E-state index contributed by atoms with van der Waals surface area (Å²) in [6, 6.07) is 6.06. The third-order valence-electron chi connectivity index (χ3n) is 2.87. The highest BCUT2D eigenvalue weighted by atomic mass is 32.2. The Balaban J connectivity index is 2.32. The van der Waals surface area contributed by atoms with Crippen LogP contribution in [0.2, 0.25) is 0 Å². The van der Waals surface area contributed by atoms with Crippen molar-refractivity contribution in [2.45, 2.75) is 18.2 Å². The number of nitrogens with two attached hydrogens (primary N) is 1. The summed E-state index contributed by atoms with van der Waals surface area (Å²) >= 11 is 0. The molecular weight excluding hydrogens is 332 g/mol. The van der Waals surface area contributed by atoms with Gasteiger partial charge in [-0.3, -0.25) is 4.79 Å². The topological polar surface area (TPSA) is 116 Å². The minimum atomic E-state index is -3.71. The lowest BCUT2D eigenvalue weighted by atomic mass is 10.1. The summed E-state index contributed by atoms with van der Waals surface area (Å²) in [6.07, 6.45) is 6.67. The van der Waals surface area contributed by atoms with Crippen LogP contribution < -0.4 is 10.5 Å². The maximum absolute atomic E-state index is 11.5. The zero-order valence-corrected chi connectivity index (χ0v) is 14.1. The van der Waals surface area contributed by atoms with E-state index in [1.165, 1.54) is 24.3 Å². The highest BCUT2D eigenvalue weighted by molar-refractivity contribution is 7.89. The normalized spacial score (nSPS) is 11.8. The van der Waals surface area contributed by atoms with Gasteiger partial charge in [-0.1, -0.05) is 30.4 Å². The molecule has 1 amide bonds. The van der Waals surface area contributed by atoms with E-state index in [9.17, 15) is 18.0 Å². The molecule has 0 atom stereocenters. The van der Waals surface area contributed by atoms with Gasteiger partial charge in [-0.25, -0.2) is 18.4 Å². The van der Waals surface area contributed by atoms with Crippen molar-refractivity contribution in [2.75, 3.05) is 13.2 Å². The molecular formula is C16H20N2O5S. The highest BCUT2D eigenvalue weighted by Gasteiger charge is 2.07. The van der Waals surface area contributed by atoms with Crippen molar-refractivity contribution in [1.29, 1.82) is 0 Å². The van der Waals surface area contributed by atoms with E-state index in [0.717, 1.165) is 5.56 Å². The molecule has 0 aliphatic heterocycles. The molecule has 0 unspecified atom stereocenters. The number of allylic oxidation sites excluding steroid dienone is 3. The largest absolute Gasteiger partial charge is 0.452 e. The molecule has 0 fully saturated rings. The summed E-state index contributed by atoms with van der Waals surface area (Å²) in [7, 11) is -3.71. The van der Waals surface area contributed by atoms with Gasteiger partial charge in [0.1, 0.15) is 0 Å². The molecule has 0 aromatic heterocycles. The summed E-state index contributed by atoms with van der Waals surface area (Å²) in [5.74, 6) is -1.01. The Morgan fingerprint density at radius 3 is 2.46 bits per heavy atom. The van der Waals surface area contributed by atoms with Gasteiger partial charge in [0, 0.05) is 12.6 Å². The number of carbonyl (C=O) groups excluding carboxylic acids is 2. The second kappa shape index (κ2) is 9.64. The monoisotopic (exact) mass is 352 g/mol. The minimum absolute atomic E-state index is 0.0353. The zero-order chi connectivity index (χ0) is 18.0. The number of hydrogen-bond donors (Lipinski definition) is 2. The van der Waals surface area contributed by atoms with Crippen LogP contribution in [0.15, 0.2) is 53.5 Å². The van der Waals surface area contributed by atoms with Crippen molar-refractivity contribution in [3.63, 3.8) is 0 Å². The second-order valence-electron chi connectivity index (χ2n) is 4.78. The first-order valence-electron chi connectivity index (χ1n) is 7.17. The van der Waals surface area contributed by atoms with Gasteiger partial charge in [0.05, 0.1) is 4.90 Å². The molecule has 0 radical (unpaired) electrons. The molecule has 0 saturated heterocycles. The SMILES string of the molecule is C/C=C/C=C/C(=O)OCC(=O)NCCc1ccc(S(N)(=O)=O)cc1. The molecule has 1 aromatic rings. The van der Waals surface area contributed by atoms with Crippen molar-refractivity contribution < 1.29 is 22.7 Å². The summed E-state index contributed by atoms with van der Waals surface area (Å²) in [5, 5.41) is 7.61. The number of sulfonamides is 1. The number of hydrogen-bond acceptors (Lipinski definition) is 5. The lowest BCUT2D eigenvalue weighted by molar-refractivity contribution is -0.143. The molecule has 8 heteroatoms. The first-order chi connectivity index (χ1) is 11.3. The van der Waals surface area contributed by atoms with Crippen LogP contribution in [0.4, 0.5) is 0 Å². The average Bonchev–Trinajstić information content (AvgIpc) is 2.53. The van der Waals surface area contributed by atoms with E-state index < -0.39 is 21.9 Å². The van der Waals surface area contributed by atoms with Crippen LogP contribution in [-0.2, 0) is 30.8 Å². The van der Waals surface area contributed by atoms with Gasteiger partial charge in [0.25, 0.3) is 5.91 Å². The predicted molar refractivity (Wildman–Crippen MR) is 89.4 cm³/mol. The van der Waals surface area contributed by atoms with Crippen molar-refractivity contribution in [3.8, 4) is 0 Å². The van der Waals surface area contributed by atoms with E-state index >= 15 is 0 Å². The van der Waals surface area contributed by atoms with E-state index in [0.29, 0.717) is 13.0 Å².